The molecule has 0 radical (unpaired) electrons. The van der Waals surface area contributed by atoms with E-state index in [0.717, 1.165) is 58.6 Å². The first-order valence-corrected chi connectivity index (χ1v) is 11.9. The van der Waals surface area contributed by atoms with E-state index in [4.69, 9.17) is 32.8 Å². The Bertz CT molecular complexity index is 1350. The van der Waals surface area contributed by atoms with Crippen molar-refractivity contribution in [2.45, 2.75) is 34.3 Å². The van der Waals surface area contributed by atoms with Crippen molar-refractivity contribution in [3.05, 3.63) is 65.7 Å². The summed E-state index contributed by atoms with van der Waals surface area (Å²) in [5.74, 6) is 2.07. The monoisotopic (exact) mass is 479 g/mol. The maximum atomic E-state index is 6.63. The molecule has 4 N–H and O–H groups in total. The Labute approximate surface area is 199 Å². The van der Waals surface area contributed by atoms with Crippen LogP contribution in [0.5, 0.6) is 5.75 Å². The van der Waals surface area contributed by atoms with Crippen molar-refractivity contribution in [1.82, 2.24) is 19.4 Å². The predicted molar refractivity (Wildman–Crippen MR) is 129 cm³/mol. The zero-order valence-electron chi connectivity index (χ0n) is 17.7. The molecule has 2 aliphatic heterocycles. The van der Waals surface area contributed by atoms with Crippen LogP contribution in [0.25, 0.3) is 5.65 Å². The average molecular weight is 480 g/mol. The maximum absolute atomic E-state index is 6.63. The van der Waals surface area contributed by atoms with Gasteiger partial charge in [-0.1, -0.05) is 41.6 Å². The third kappa shape index (κ3) is 3.30. The molecule has 1 aromatic carbocycles. The number of benzene rings is 1. The second-order valence-electron chi connectivity index (χ2n) is 8.32. The highest BCUT2D eigenvalue weighted by molar-refractivity contribution is 7.99. The number of pyridine rings is 1. The van der Waals surface area contributed by atoms with Gasteiger partial charge in [-0.3, -0.25) is 4.40 Å². The van der Waals surface area contributed by atoms with E-state index in [1.54, 1.807) is 12.4 Å². The van der Waals surface area contributed by atoms with Crippen LogP contribution in [0.2, 0.25) is 5.02 Å². The highest BCUT2D eigenvalue weighted by Crippen LogP contribution is 2.47. The number of halogens is 1. The number of para-hydroxylation sites is 1. The number of fused-ring (bicyclic) bond motifs is 2. The Hall–Kier alpha value is -3.01. The van der Waals surface area contributed by atoms with Gasteiger partial charge in [0.1, 0.15) is 17.2 Å². The minimum Gasteiger partial charge on any atom is -0.485 e. The number of imidazole rings is 1. The molecule has 168 valence electrons. The van der Waals surface area contributed by atoms with Crippen LogP contribution >= 0.6 is 23.4 Å². The molecule has 1 fully saturated rings. The molecule has 3 aromatic heterocycles. The summed E-state index contributed by atoms with van der Waals surface area (Å²) in [6.07, 6.45) is 8.85. The summed E-state index contributed by atoms with van der Waals surface area (Å²) < 4.78 is 8.41. The number of nitrogen functional groups attached to an aromatic ring is 1. The highest BCUT2D eigenvalue weighted by atomic mass is 35.5. The van der Waals surface area contributed by atoms with Gasteiger partial charge in [-0.05, 0) is 12.1 Å². The molecule has 33 heavy (non-hydrogen) atoms. The minimum absolute atomic E-state index is 0.117. The molecule has 1 spiro atoms. The lowest BCUT2D eigenvalue weighted by Crippen LogP contribution is -2.52. The molecule has 0 bridgehead atoms. The summed E-state index contributed by atoms with van der Waals surface area (Å²) in [4.78, 5) is 17.4. The van der Waals surface area contributed by atoms with Gasteiger partial charge < -0.3 is 21.1 Å². The summed E-state index contributed by atoms with van der Waals surface area (Å²) >= 11 is 7.81. The van der Waals surface area contributed by atoms with Crippen LogP contribution in [0.1, 0.15) is 24.4 Å². The summed E-state index contributed by atoms with van der Waals surface area (Å²) in [5.41, 5.74) is 14.0. The van der Waals surface area contributed by atoms with Gasteiger partial charge >= 0.3 is 0 Å². The van der Waals surface area contributed by atoms with Gasteiger partial charge in [0.25, 0.3) is 0 Å². The van der Waals surface area contributed by atoms with Crippen LogP contribution in [0.4, 0.5) is 11.8 Å². The van der Waals surface area contributed by atoms with Gasteiger partial charge in [-0.25, -0.2) is 15.0 Å². The molecule has 10 heteroatoms. The number of nitrogens with two attached hydrogens (primary N) is 2. The van der Waals surface area contributed by atoms with Gasteiger partial charge in [-0.2, -0.15) is 0 Å². The fourth-order valence-corrected chi connectivity index (χ4v) is 5.86. The average Bonchev–Trinajstić information content (AvgIpc) is 3.42. The summed E-state index contributed by atoms with van der Waals surface area (Å²) in [6.45, 7) is 1.59. The third-order valence-electron chi connectivity index (χ3n) is 6.50. The molecule has 1 saturated heterocycles. The summed E-state index contributed by atoms with van der Waals surface area (Å²) in [6, 6.07) is 9.80. The number of aromatic nitrogens is 4. The van der Waals surface area contributed by atoms with E-state index < -0.39 is 0 Å². The van der Waals surface area contributed by atoms with Crippen LogP contribution in [0.15, 0.2) is 64.9 Å². The first-order chi connectivity index (χ1) is 16.1. The molecule has 1 atom stereocenters. The first-order valence-electron chi connectivity index (χ1n) is 10.7. The molecule has 0 aliphatic carbocycles. The molecular formula is C23H22ClN7OS. The lowest BCUT2D eigenvalue weighted by atomic mass is 9.83. The van der Waals surface area contributed by atoms with Gasteiger partial charge in [0.15, 0.2) is 5.65 Å². The third-order valence-corrected chi connectivity index (χ3v) is 8.08. The number of hydrogen-bond donors (Lipinski definition) is 2. The number of rotatable bonds is 3. The Balaban J connectivity index is 1.25. The maximum Gasteiger partial charge on any atom is 0.211 e. The number of ether oxygens (including phenoxy) is 1. The zero-order valence-corrected chi connectivity index (χ0v) is 19.3. The van der Waals surface area contributed by atoms with Crippen LogP contribution in [-0.2, 0) is 0 Å². The van der Waals surface area contributed by atoms with Gasteiger partial charge in [-0.15, -0.1) is 0 Å². The molecule has 6 rings (SSSR count). The molecule has 0 unspecified atom stereocenters. The number of piperidine rings is 1. The fraction of sp³-hybridized carbons (Fsp3) is 0.261. The molecule has 4 aromatic rings. The molecule has 0 saturated carbocycles. The second-order valence-corrected chi connectivity index (χ2v) is 9.78. The zero-order chi connectivity index (χ0) is 22.6. The van der Waals surface area contributed by atoms with E-state index >= 15 is 0 Å². The first kappa shape index (κ1) is 20.6. The molecule has 5 heterocycles. The largest absolute Gasteiger partial charge is 0.485 e. The number of hydrogen-bond acceptors (Lipinski definition) is 8. The van der Waals surface area contributed by atoms with E-state index in [9.17, 15) is 0 Å². The summed E-state index contributed by atoms with van der Waals surface area (Å²) in [7, 11) is 0. The van der Waals surface area contributed by atoms with Crippen molar-refractivity contribution in [2.75, 3.05) is 23.7 Å². The van der Waals surface area contributed by atoms with Gasteiger partial charge in [0.05, 0.1) is 16.0 Å². The van der Waals surface area contributed by atoms with Crippen LogP contribution in [0.3, 0.4) is 0 Å². The van der Waals surface area contributed by atoms with Crippen molar-refractivity contribution in [3.63, 3.8) is 0 Å². The van der Waals surface area contributed by atoms with Crippen LogP contribution in [-0.4, -0.2) is 38.0 Å². The van der Waals surface area contributed by atoms with E-state index in [0.29, 0.717) is 10.8 Å². The Kier molecular flexibility index (Phi) is 4.86. The SMILES string of the molecule is Nc1nccc(Sc2cnc(N3CCC4(CC3)Oc3ccccc3[C@H]4N)n3ccnc23)c1Cl. The molecular weight excluding hydrogens is 458 g/mol. The van der Waals surface area contributed by atoms with E-state index in [-0.39, 0.29) is 11.6 Å². The van der Waals surface area contributed by atoms with Gasteiger partial charge in [0, 0.05) is 61.2 Å². The second kappa shape index (κ2) is 7.79. The minimum atomic E-state index is -0.359. The topological polar surface area (TPSA) is 108 Å². The fourth-order valence-electron chi connectivity index (χ4n) is 4.72. The quantitative estimate of drug-likeness (QED) is 0.455. The molecule has 0 amide bonds. The van der Waals surface area contributed by atoms with Gasteiger partial charge in [0.2, 0.25) is 5.95 Å². The van der Waals surface area contributed by atoms with Crippen molar-refractivity contribution in [1.29, 1.82) is 0 Å². The Morgan fingerprint density at radius 3 is 2.70 bits per heavy atom. The Morgan fingerprint density at radius 2 is 1.88 bits per heavy atom. The number of anilines is 2. The lowest BCUT2D eigenvalue weighted by molar-refractivity contribution is 0.0429. The van der Waals surface area contributed by atoms with Crippen LogP contribution in [0, 0.1) is 0 Å². The lowest BCUT2D eigenvalue weighted by Gasteiger charge is -2.41. The van der Waals surface area contributed by atoms with Crippen LogP contribution < -0.4 is 21.1 Å². The summed E-state index contributed by atoms with van der Waals surface area (Å²) in [5, 5.41) is 0.437. The standard InChI is InChI=1S/C23H22ClN7OS/c24-18-16(5-8-27-20(18)26)33-17-13-29-22(31-12-9-28-21(17)31)30-10-6-23(7-11-30)19(25)14-3-1-2-4-15(14)32-23/h1-5,8-9,12-13,19H,6-7,10-11,25H2,(H2,26,27)/t19-/m1/s1. The van der Waals surface area contributed by atoms with Crippen molar-refractivity contribution in [2.24, 2.45) is 5.73 Å². The smallest absolute Gasteiger partial charge is 0.211 e. The normalized spacial score (nSPS) is 19.1. The molecule has 8 nitrogen and oxygen atoms in total. The Morgan fingerprint density at radius 1 is 1.06 bits per heavy atom. The van der Waals surface area contributed by atoms with Crippen molar-refractivity contribution in [3.8, 4) is 5.75 Å². The van der Waals surface area contributed by atoms with E-state index in [1.807, 2.05) is 41.1 Å². The van der Waals surface area contributed by atoms with E-state index in [2.05, 4.69) is 20.9 Å². The predicted octanol–water partition coefficient (Wildman–Crippen LogP) is 3.94. The van der Waals surface area contributed by atoms with Crippen molar-refractivity contribution >= 4 is 40.8 Å². The highest BCUT2D eigenvalue weighted by Gasteiger charge is 2.48. The van der Waals surface area contributed by atoms with Crippen molar-refractivity contribution < 1.29 is 4.74 Å². The number of nitrogens with zero attached hydrogens (tertiary/aromatic N) is 5. The van der Waals surface area contributed by atoms with E-state index in [1.165, 1.54) is 11.8 Å². The molecule has 2 aliphatic rings.